The number of carbonyl (C=O) groups excluding carboxylic acids is 4. The van der Waals surface area contributed by atoms with E-state index in [1.165, 1.54) is 180 Å². The van der Waals surface area contributed by atoms with Crippen molar-refractivity contribution in [2.75, 3.05) is 39.6 Å². The Labute approximate surface area is 581 Å². The zero-order valence-corrected chi connectivity index (χ0v) is 64.1. The van der Waals surface area contributed by atoms with E-state index in [1.807, 2.05) is 0 Å². The van der Waals surface area contributed by atoms with Gasteiger partial charge in [0.25, 0.3) is 0 Å². The molecule has 0 rings (SSSR count). The van der Waals surface area contributed by atoms with E-state index in [0.717, 1.165) is 114 Å². The fraction of sp³-hybridized carbons (Fsp3) is 0.947. The molecule has 0 bridgehead atoms. The van der Waals surface area contributed by atoms with Crippen LogP contribution in [0.3, 0.4) is 0 Å². The molecular formula is C76H148O17P2. The third kappa shape index (κ3) is 69.0. The number of phosphoric acid groups is 2. The summed E-state index contributed by atoms with van der Waals surface area (Å²) in [6, 6.07) is 0. The van der Waals surface area contributed by atoms with E-state index in [-0.39, 0.29) is 25.7 Å². The topological polar surface area (TPSA) is 237 Å². The van der Waals surface area contributed by atoms with Gasteiger partial charge in [-0.3, -0.25) is 37.3 Å². The van der Waals surface area contributed by atoms with E-state index in [0.29, 0.717) is 31.6 Å². The quantitative estimate of drug-likeness (QED) is 0.0222. The van der Waals surface area contributed by atoms with Gasteiger partial charge in [0.05, 0.1) is 26.4 Å². The molecule has 0 aliphatic rings. The molecule has 564 valence electrons. The van der Waals surface area contributed by atoms with Gasteiger partial charge in [-0.15, -0.1) is 0 Å². The summed E-state index contributed by atoms with van der Waals surface area (Å²) >= 11 is 0. The molecule has 19 heteroatoms. The van der Waals surface area contributed by atoms with Gasteiger partial charge in [-0.25, -0.2) is 9.13 Å². The first kappa shape index (κ1) is 93.1. The van der Waals surface area contributed by atoms with Crippen LogP contribution in [0.15, 0.2) is 0 Å². The monoisotopic (exact) mass is 1400 g/mol. The number of hydrogen-bond acceptors (Lipinski definition) is 15. The number of hydrogen-bond donors (Lipinski definition) is 3. The van der Waals surface area contributed by atoms with Crippen molar-refractivity contribution in [3.63, 3.8) is 0 Å². The van der Waals surface area contributed by atoms with Crippen molar-refractivity contribution < 1.29 is 80.2 Å². The van der Waals surface area contributed by atoms with Crippen LogP contribution in [0.25, 0.3) is 0 Å². The molecule has 0 fully saturated rings. The van der Waals surface area contributed by atoms with Crippen molar-refractivity contribution in [2.45, 2.75) is 401 Å². The Kier molecular flexibility index (Phi) is 64.0. The van der Waals surface area contributed by atoms with E-state index in [2.05, 4.69) is 55.4 Å². The molecular weight excluding hydrogens is 1250 g/mol. The molecule has 4 unspecified atom stereocenters. The molecule has 0 aliphatic carbocycles. The Morgan fingerprint density at radius 2 is 0.505 bits per heavy atom. The number of esters is 4. The molecule has 0 spiro atoms. The lowest BCUT2D eigenvalue weighted by molar-refractivity contribution is -0.161. The fourth-order valence-electron chi connectivity index (χ4n) is 11.5. The minimum absolute atomic E-state index is 0.105. The van der Waals surface area contributed by atoms with E-state index in [9.17, 15) is 43.2 Å². The summed E-state index contributed by atoms with van der Waals surface area (Å²) in [6.45, 7) is 14.2. The maximum atomic E-state index is 13.1. The summed E-state index contributed by atoms with van der Waals surface area (Å²) in [5.41, 5.74) is 0. The minimum atomic E-state index is -4.96. The second-order valence-electron chi connectivity index (χ2n) is 29.1. The molecule has 0 aromatic heterocycles. The predicted octanol–water partition coefficient (Wildman–Crippen LogP) is 22.0. The van der Waals surface area contributed by atoms with Gasteiger partial charge in [0, 0.05) is 25.7 Å². The smallest absolute Gasteiger partial charge is 0.462 e. The maximum absolute atomic E-state index is 13.1. The van der Waals surface area contributed by atoms with Crippen molar-refractivity contribution in [2.24, 2.45) is 23.7 Å². The Morgan fingerprint density at radius 1 is 0.295 bits per heavy atom. The number of phosphoric ester groups is 2. The van der Waals surface area contributed by atoms with Gasteiger partial charge in [-0.05, 0) is 49.4 Å². The minimum Gasteiger partial charge on any atom is -0.462 e. The van der Waals surface area contributed by atoms with Crippen molar-refractivity contribution in [1.29, 1.82) is 0 Å². The molecule has 0 aromatic rings. The first-order valence-corrected chi connectivity index (χ1v) is 42.2. The molecule has 17 nitrogen and oxygen atoms in total. The molecule has 0 heterocycles. The molecule has 0 aliphatic heterocycles. The Morgan fingerprint density at radius 3 is 0.747 bits per heavy atom. The number of unbranched alkanes of at least 4 members (excludes halogenated alkanes) is 38. The molecule has 6 atom stereocenters. The average Bonchev–Trinajstić information content (AvgIpc) is 1.66. The number of carbonyl (C=O) groups is 4. The zero-order chi connectivity index (χ0) is 70.3. The normalized spacial score (nSPS) is 14.4. The Hall–Kier alpha value is -1.94. The first-order valence-electron chi connectivity index (χ1n) is 39.2. The molecule has 0 aromatic carbocycles. The van der Waals surface area contributed by atoms with Gasteiger partial charge in [-0.2, -0.15) is 0 Å². The summed E-state index contributed by atoms with van der Waals surface area (Å²) in [5, 5.41) is 10.6. The number of aliphatic hydroxyl groups excluding tert-OH is 1. The highest BCUT2D eigenvalue weighted by Gasteiger charge is 2.30. The van der Waals surface area contributed by atoms with E-state index in [4.69, 9.17) is 37.0 Å². The largest absolute Gasteiger partial charge is 0.472 e. The molecule has 0 radical (unpaired) electrons. The molecule has 0 saturated carbocycles. The second-order valence-corrected chi connectivity index (χ2v) is 32.0. The molecule has 3 N–H and O–H groups in total. The van der Waals surface area contributed by atoms with Crippen molar-refractivity contribution in [3.8, 4) is 0 Å². The number of rotatable bonds is 73. The predicted molar refractivity (Wildman–Crippen MR) is 386 cm³/mol. The third-order valence-electron chi connectivity index (χ3n) is 17.9. The van der Waals surface area contributed by atoms with Crippen LogP contribution in [0.5, 0.6) is 0 Å². The standard InChI is InChI=1S/C76H148O17P2/c1-9-69(8)55-47-39-31-23-18-19-25-34-43-51-59-76(81)93-72(63-87-74(79)57-49-41-35-27-30-38-46-54-68(6)7)65-91-95(84,85)89-61-70(77)60-88-94(82,83)90-64-71(62-86-73(78)56-48-40-32-26-20-22-29-37-45-53-67(4)5)92-75(80)58-50-42-33-24-17-15-13-11-10-12-14-16-21-28-36-44-52-66(2)3/h66-72,77H,9-65H2,1-8H3,(H,82,83)(H,84,85)/t69?,70?,71-,72-/m1/s1. The van der Waals surface area contributed by atoms with Gasteiger partial charge in [0.15, 0.2) is 12.2 Å². The average molecular weight is 1400 g/mol. The van der Waals surface area contributed by atoms with E-state index in [1.54, 1.807) is 0 Å². The first-order chi connectivity index (χ1) is 45.6. The highest BCUT2D eigenvalue weighted by atomic mass is 31.2. The SMILES string of the molecule is CCC(C)CCCCCCCCCCCCC(=O)O[C@H](COC(=O)CCCCCCCCCC(C)C)COP(=O)(O)OCC(O)COP(=O)(O)OC[C@@H](COC(=O)CCCCCCCCCCCC(C)C)OC(=O)CCCCCCCCCCCCCCCCCCC(C)C. The van der Waals surface area contributed by atoms with Crippen molar-refractivity contribution in [3.05, 3.63) is 0 Å². The highest BCUT2D eigenvalue weighted by Crippen LogP contribution is 2.45. The summed E-state index contributed by atoms with van der Waals surface area (Å²) in [6.07, 6.45) is 50.0. The van der Waals surface area contributed by atoms with Crippen LogP contribution in [0.4, 0.5) is 0 Å². The Bertz CT molecular complexity index is 1870. The number of ether oxygens (including phenoxy) is 4. The molecule has 0 saturated heterocycles. The van der Waals surface area contributed by atoms with E-state index >= 15 is 0 Å². The highest BCUT2D eigenvalue weighted by molar-refractivity contribution is 7.47. The zero-order valence-electron chi connectivity index (χ0n) is 62.3. The maximum Gasteiger partial charge on any atom is 0.472 e. The number of aliphatic hydroxyl groups is 1. The summed E-state index contributed by atoms with van der Waals surface area (Å²) in [4.78, 5) is 72.8. The lowest BCUT2D eigenvalue weighted by atomic mass is 9.99. The van der Waals surface area contributed by atoms with Gasteiger partial charge in [0.2, 0.25) is 0 Å². The molecule has 0 amide bonds. The van der Waals surface area contributed by atoms with Crippen LogP contribution < -0.4 is 0 Å². The van der Waals surface area contributed by atoms with Crippen LogP contribution >= 0.6 is 15.6 Å². The van der Waals surface area contributed by atoms with Crippen LogP contribution in [0, 0.1) is 23.7 Å². The second kappa shape index (κ2) is 65.4. The third-order valence-corrected chi connectivity index (χ3v) is 19.8. The van der Waals surface area contributed by atoms with Gasteiger partial charge in [0.1, 0.15) is 19.3 Å². The van der Waals surface area contributed by atoms with Crippen LogP contribution in [0.2, 0.25) is 0 Å². The summed E-state index contributed by atoms with van der Waals surface area (Å²) in [5.74, 6) is 0.939. The van der Waals surface area contributed by atoms with Crippen LogP contribution in [-0.2, 0) is 65.4 Å². The summed E-state index contributed by atoms with van der Waals surface area (Å²) < 4.78 is 68.5. The molecule has 95 heavy (non-hydrogen) atoms. The van der Waals surface area contributed by atoms with Gasteiger partial charge >= 0.3 is 39.5 Å². The van der Waals surface area contributed by atoms with Crippen molar-refractivity contribution in [1.82, 2.24) is 0 Å². The van der Waals surface area contributed by atoms with Gasteiger partial charge < -0.3 is 33.8 Å². The fourth-order valence-corrected chi connectivity index (χ4v) is 13.1. The van der Waals surface area contributed by atoms with Gasteiger partial charge in [-0.1, -0.05) is 331 Å². The van der Waals surface area contributed by atoms with Crippen LogP contribution in [-0.4, -0.2) is 96.7 Å². The van der Waals surface area contributed by atoms with Crippen LogP contribution in [0.1, 0.15) is 383 Å². The summed E-state index contributed by atoms with van der Waals surface area (Å²) in [7, 11) is -9.91. The Balaban J connectivity index is 5.23. The lowest BCUT2D eigenvalue weighted by Gasteiger charge is -2.21. The lowest BCUT2D eigenvalue weighted by Crippen LogP contribution is -2.30. The van der Waals surface area contributed by atoms with Crippen molar-refractivity contribution >= 4 is 39.5 Å². The van der Waals surface area contributed by atoms with E-state index < -0.39 is 97.5 Å².